The summed E-state index contributed by atoms with van der Waals surface area (Å²) >= 11 is 0. The SMILES string of the molecule is CC(=O)/C=C(\[O-])c1ccccc1.CC(=O)/C=C(\[O-])c1ccccc1.CC1(C)C2CCC1(C)C([O-])C2.CC1(C)C2CCC1(C)C([O-])C2.[Ti+4]. The van der Waals surface area contributed by atoms with E-state index in [1.165, 1.54) is 39.5 Å². The van der Waals surface area contributed by atoms with Crippen molar-refractivity contribution >= 4 is 23.1 Å². The quantitative estimate of drug-likeness (QED) is 0.253. The molecule has 2 aromatic rings. The molecule has 0 heterocycles. The molecule has 6 nitrogen and oxygen atoms in total. The van der Waals surface area contributed by atoms with Crippen molar-refractivity contribution in [3.63, 3.8) is 0 Å². The molecule has 0 saturated heterocycles. The minimum absolute atomic E-state index is 0. The second kappa shape index (κ2) is 16.3. The fourth-order valence-electron chi connectivity index (χ4n) is 8.00. The van der Waals surface area contributed by atoms with Crippen molar-refractivity contribution < 1.29 is 51.7 Å². The molecule has 4 bridgehead atoms. The van der Waals surface area contributed by atoms with Crippen molar-refractivity contribution in [2.75, 3.05) is 0 Å². The first kappa shape index (κ1) is 40.7. The molecule has 0 aromatic heterocycles. The van der Waals surface area contributed by atoms with Crippen molar-refractivity contribution in [2.24, 2.45) is 33.5 Å². The Labute approximate surface area is 297 Å². The van der Waals surface area contributed by atoms with Crippen LogP contribution in [-0.4, -0.2) is 23.8 Å². The van der Waals surface area contributed by atoms with E-state index < -0.39 is 0 Å². The molecule has 0 radical (unpaired) electrons. The molecule has 4 saturated carbocycles. The average Bonchev–Trinajstić information content (AvgIpc) is 3.50. The Morgan fingerprint density at radius 3 is 1.09 bits per heavy atom. The Morgan fingerprint density at radius 2 is 0.915 bits per heavy atom. The van der Waals surface area contributed by atoms with E-state index >= 15 is 0 Å². The Kier molecular flexibility index (Phi) is 14.1. The Bertz CT molecular complexity index is 1290. The van der Waals surface area contributed by atoms with E-state index in [0.717, 1.165) is 36.8 Å². The van der Waals surface area contributed by atoms with E-state index in [4.69, 9.17) is 0 Å². The Balaban J connectivity index is 0.000000216. The maximum Gasteiger partial charge on any atom is 4.00 e. The van der Waals surface area contributed by atoms with Gasteiger partial charge in [0.2, 0.25) is 0 Å². The first-order valence-corrected chi connectivity index (χ1v) is 16.6. The molecule has 6 unspecified atom stereocenters. The van der Waals surface area contributed by atoms with Crippen LogP contribution in [0.5, 0.6) is 0 Å². The molecule has 0 amide bonds. The normalized spacial score (nSPS) is 30.8. The number of allylic oxidation sites excluding steroid dienone is 2. The number of rotatable bonds is 4. The monoisotopic (exact) mass is 676 g/mol. The molecule has 2 aromatic carbocycles. The van der Waals surface area contributed by atoms with E-state index in [-0.39, 0.29) is 67.8 Å². The maximum atomic E-state index is 11.7. The van der Waals surface area contributed by atoms with Crippen LogP contribution in [0.3, 0.4) is 0 Å². The van der Waals surface area contributed by atoms with E-state index in [1.807, 2.05) is 12.1 Å². The molecular weight excluding hydrogens is 624 g/mol. The number of ketones is 2. The summed E-state index contributed by atoms with van der Waals surface area (Å²) in [5.74, 6) is 0.531. The van der Waals surface area contributed by atoms with Gasteiger partial charge >= 0.3 is 21.7 Å². The minimum atomic E-state index is -0.281. The van der Waals surface area contributed by atoms with Crippen LogP contribution >= 0.6 is 0 Å². The van der Waals surface area contributed by atoms with Gasteiger partial charge in [0, 0.05) is 0 Å². The fourth-order valence-corrected chi connectivity index (χ4v) is 8.00. The van der Waals surface area contributed by atoms with Gasteiger partial charge in [-0.1, -0.05) is 127 Å². The predicted octanol–water partition coefficient (Wildman–Crippen LogP) is 5.07. The number of fused-ring (bicyclic) bond motifs is 4. The number of hydrogen-bond donors (Lipinski definition) is 0. The molecule has 6 atom stereocenters. The van der Waals surface area contributed by atoms with Crippen LogP contribution in [-0.2, 0) is 31.3 Å². The summed E-state index contributed by atoms with van der Waals surface area (Å²) in [5.41, 5.74) is 1.95. The molecule has 6 rings (SSSR count). The fraction of sp³-hybridized carbons (Fsp3) is 0.550. The summed E-state index contributed by atoms with van der Waals surface area (Å²) in [7, 11) is 0. The first-order valence-electron chi connectivity index (χ1n) is 16.6. The van der Waals surface area contributed by atoms with Crippen LogP contribution in [0.2, 0.25) is 0 Å². The van der Waals surface area contributed by atoms with E-state index in [9.17, 15) is 30.0 Å². The first-order chi connectivity index (χ1) is 21.4. The van der Waals surface area contributed by atoms with Gasteiger partial charge in [-0.2, -0.15) is 0 Å². The van der Waals surface area contributed by atoms with E-state index in [0.29, 0.717) is 22.0 Å². The van der Waals surface area contributed by atoms with Crippen LogP contribution in [0.15, 0.2) is 72.8 Å². The molecule has 0 N–H and O–H groups in total. The smallest absolute Gasteiger partial charge is 0.872 e. The van der Waals surface area contributed by atoms with Gasteiger partial charge in [-0.15, -0.1) is 12.2 Å². The number of benzene rings is 2. The largest absolute Gasteiger partial charge is 4.00 e. The summed E-state index contributed by atoms with van der Waals surface area (Å²) in [4.78, 5) is 21.1. The maximum absolute atomic E-state index is 11.7. The molecule has 4 aliphatic rings. The van der Waals surface area contributed by atoms with Gasteiger partial charge in [-0.05, 0) is 96.3 Å². The van der Waals surface area contributed by atoms with Gasteiger partial charge in [-0.25, -0.2) is 0 Å². The Hall–Kier alpha value is -2.51. The van der Waals surface area contributed by atoms with Crippen molar-refractivity contribution in [3.8, 4) is 0 Å². The van der Waals surface area contributed by atoms with Gasteiger partial charge < -0.3 is 20.4 Å². The molecule has 7 heteroatoms. The van der Waals surface area contributed by atoms with E-state index in [2.05, 4.69) is 41.5 Å². The summed E-state index contributed by atoms with van der Waals surface area (Å²) in [5, 5.41) is 45.7. The third kappa shape index (κ3) is 8.95. The number of hydrogen-bond acceptors (Lipinski definition) is 6. The van der Waals surface area contributed by atoms with Crippen molar-refractivity contribution in [2.45, 2.75) is 106 Å². The molecule has 47 heavy (non-hydrogen) atoms. The summed E-state index contributed by atoms with van der Waals surface area (Å²) in [6.45, 7) is 16.2. The van der Waals surface area contributed by atoms with Crippen LogP contribution in [0.1, 0.15) is 105 Å². The number of carbonyl (C=O) groups excluding carboxylic acids is 2. The van der Waals surface area contributed by atoms with Crippen LogP contribution in [0.25, 0.3) is 11.5 Å². The summed E-state index contributed by atoms with van der Waals surface area (Å²) < 4.78 is 0. The molecule has 4 aliphatic carbocycles. The standard InChI is InChI=1S/2C10H10O2.2C10H17O.Ti/c2*1-8(11)7-10(12)9-5-3-2-4-6-9;2*1-9(2)7-4-5-10(9,3)8(11)6-7;/h2*2-7,12H,1H3;2*7-8H,4-6H2,1-3H3;/q;;2*-1;+4/p-2/b2*10-7-;;;. The molecule has 0 aliphatic heterocycles. The molecule has 252 valence electrons. The van der Waals surface area contributed by atoms with Gasteiger partial charge in [0.1, 0.15) is 0 Å². The topological polar surface area (TPSA) is 126 Å². The van der Waals surface area contributed by atoms with Crippen LogP contribution < -0.4 is 20.4 Å². The third-order valence-corrected chi connectivity index (χ3v) is 12.2. The average molecular weight is 677 g/mol. The molecular formula is C40H52O6Ti. The zero-order valence-electron chi connectivity index (χ0n) is 29.4. The van der Waals surface area contributed by atoms with Gasteiger partial charge in [0.25, 0.3) is 0 Å². The Morgan fingerprint density at radius 1 is 0.617 bits per heavy atom. The molecule has 0 spiro atoms. The van der Waals surface area contributed by atoms with Crippen molar-refractivity contribution in [3.05, 3.63) is 83.9 Å². The van der Waals surface area contributed by atoms with Gasteiger partial charge in [0.05, 0.1) is 0 Å². The van der Waals surface area contributed by atoms with Gasteiger partial charge in [0.15, 0.2) is 11.6 Å². The zero-order valence-corrected chi connectivity index (χ0v) is 31.0. The van der Waals surface area contributed by atoms with Crippen LogP contribution in [0, 0.1) is 33.5 Å². The summed E-state index contributed by atoms with van der Waals surface area (Å²) in [6, 6.07) is 17.4. The summed E-state index contributed by atoms with van der Waals surface area (Å²) in [6.07, 6.45) is 8.41. The van der Waals surface area contributed by atoms with Crippen LogP contribution in [0.4, 0.5) is 0 Å². The predicted molar refractivity (Wildman–Crippen MR) is 176 cm³/mol. The van der Waals surface area contributed by atoms with Crippen molar-refractivity contribution in [1.82, 2.24) is 0 Å². The van der Waals surface area contributed by atoms with Gasteiger partial charge in [-0.3, -0.25) is 9.59 Å². The van der Waals surface area contributed by atoms with E-state index in [1.54, 1.807) is 48.5 Å². The second-order valence-corrected chi connectivity index (χ2v) is 15.2. The second-order valence-electron chi connectivity index (χ2n) is 15.2. The third-order valence-electron chi connectivity index (χ3n) is 12.2. The number of carbonyl (C=O) groups is 2. The zero-order chi connectivity index (χ0) is 34.5. The molecule has 4 fully saturated rings. The minimum Gasteiger partial charge on any atom is -0.872 e. The van der Waals surface area contributed by atoms with Crippen molar-refractivity contribution in [1.29, 1.82) is 0 Å².